The largest absolute Gasteiger partial charge is 0.160 e. The van der Waals surface area contributed by atoms with Gasteiger partial charge >= 0.3 is 0 Å². The molecule has 0 saturated carbocycles. The number of alkyl halides is 1. The second-order valence-corrected chi connectivity index (χ2v) is 7.15. The van der Waals surface area contributed by atoms with Crippen molar-refractivity contribution >= 4 is 27.7 Å². The molecule has 1 aromatic rings. The first-order valence-electron chi connectivity index (χ1n) is 5.86. The van der Waals surface area contributed by atoms with E-state index in [9.17, 15) is 0 Å². The molecular formula is C14H19BrS. The summed E-state index contributed by atoms with van der Waals surface area (Å²) in [5.41, 5.74) is 5.89. The topological polar surface area (TPSA) is 0 Å². The lowest BCUT2D eigenvalue weighted by molar-refractivity contribution is 0.612. The summed E-state index contributed by atoms with van der Waals surface area (Å²) in [6, 6.07) is 4.63. The van der Waals surface area contributed by atoms with Gasteiger partial charge in [-0.25, -0.2) is 0 Å². The molecule has 0 radical (unpaired) electrons. The van der Waals surface area contributed by atoms with Crippen LogP contribution in [-0.4, -0.2) is 16.3 Å². The third-order valence-electron chi connectivity index (χ3n) is 3.43. The molecule has 16 heavy (non-hydrogen) atoms. The first kappa shape index (κ1) is 12.5. The molecule has 1 aromatic carbocycles. The number of halogens is 1. The highest BCUT2D eigenvalue weighted by Crippen LogP contribution is 2.33. The van der Waals surface area contributed by atoms with Crippen molar-refractivity contribution in [3.8, 4) is 0 Å². The zero-order valence-electron chi connectivity index (χ0n) is 10.2. The normalized spacial score (nSPS) is 25.0. The summed E-state index contributed by atoms with van der Waals surface area (Å²) >= 11 is 5.88. The quantitative estimate of drug-likeness (QED) is 0.734. The summed E-state index contributed by atoms with van der Waals surface area (Å²) in [6.07, 6.45) is 1.24. The Hall–Kier alpha value is 0.0500. The van der Waals surface area contributed by atoms with Crippen LogP contribution < -0.4 is 0 Å². The minimum absolute atomic E-state index is 0.706. The van der Waals surface area contributed by atoms with E-state index in [0.717, 1.165) is 5.92 Å². The summed E-state index contributed by atoms with van der Waals surface area (Å²) in [4.78, 5) is 0.706. The van der Waals surface area contributed by atoms with E-state index in [-0.39, 0.29) is 0 Å². The monoisotopic (exact) mass is 298 g/mol. The number of benzene rings is 1. The van der Waals surface area contributed by atoms with Crippen molar-refractivity contribution in [3.05, 3.63) is 34.4 Å². The highest BCUT2D eigenvalue weighted by atomic mass is 79.9. The van der Waals surface area contributed by atoms with Gasteiger partial charge in [-0.2, -0.15) is 11.8 Å². The fourth-order valence-corrected chi connectivity index (χ4v) is 5.02. The minimum atomic E-state index is 0.706. The van der Waals surface area contributed by atoms with Crippen molar-refractivity contribution in [3.63, 3.8) is 0 Å². The SMILES string of the molecule is Cc1cc(C)c(CC2CSCC2Br)c(C)c1. The lowest BCUT2D eigenvalue weighted by Crippen LogP contribution is -2.15. The average Bonchev–Trinajstić information content (AvgIpc) is 2.57. The Labute approximate surface area is 111 Å². The molecule has 0 nitrogen and oxygen atoms in total. The summed E-state index contributed by atoms with van der Waals surface area (Å²) in [5.74, 6) is 3.39. The van der Waals surface area contributed by atoms with Gasteiger partial charge in [-0.3, -0.25) is 0 Å². The van der Waals surface area contributed by atoms with Gasteiger partial charge in [0.05, 0.1) is 0 Å². The molecule has 1 fully saturated rings. The Morgan fingerprint density at radius 2 is 1.81 bits per heavy atom. The van der Waals surface area contributed by atoms with Gasteiger partial charge in [0.25, 0.3) is 0 Å². The molecule has 0 N–H and O–H groups in total. The Balaban J connectivity index is 2.21. The van der Waals surface area contributed by atoms with Gasteiger partial charge in [0.2, 0.25) is 0 Å². The first-order chi connectivity index (χ1) is 7.58. The summed E-state index contributed by atoms with van der Waals surface area (Å²) in [6.45, 7) is 6.68. The molecule has 1 saturated heterocycles. The highest BCUT2D eigenvalue weighted by Gasteiger charge is 2.26. The number of hydrogen-bond donors (Lipinski definition) is 0. The maximum Gasteiger partial charge on any atom is 0.0275 e. The van der Waals surface area contributed by atoms with Crippen LogP contribution in [0.4, 0.5) is 0 Å². The van der Waals surface area contributed by atoms with Crippen LogP contribution in [-0.2, 0) is 6.42 Å². The van der Waals surface area contributed by atoms with Gasteiger partial charge in [-0.15, -0.1) is 0 Å². The van der Waals surface area contributed by atoms with Crippen LogP contribution in [0.15, 0.2) is 12.1 Å². The standard InChI is InChI=1S/C14H19BrS/c1-9-4-10(2)13(11(3)5-9)6-12-7-16-8-14(12)15/h4-5,12,14H,6-8H2,1-3H3. The Morgan fingerprint density at radius 3 is 2.31 bits per heavy atom. The predicted molar refractivity (Wildman–Crippen MR) is 77.9 cm³/mol. The second kappa shape index (κ2) is 5.14. The van der Waals surface area contributed by atoms with Crippen molar-refractivity contribution in [2.75, 3.05) is 11.5 Å². The van der Waals surface area contributed by atoms with Gasteiger partial charge in [0.15, 0.2) is 0 Å². The van der Waals surface area contributed by atoms with Crippen molar-refractivity contribution < 1.29 is 0 Å². The first-order valence-corrected chi connectivity index (χ1v) is 7.93. The van der Waals surface area contributed by atoms with Gasteiger partial charge in [-0.05, 0) is 55.6 Å². The smallest absolute Gasteiger partial charge is 0.0275 e. The molecule has 88 valence electrons. The van der Waals surface area contributed by atoms with Gasteiger partial charge in [0.1, 0.15) is 0 Å². The van der Waals surface area contributed by atoms with Crippen LogP contribution in [0.1, 0.15) is 22.3 Å². The lowest BCUT2D eigenvalue weighted by Gasteiger charge is -2.17. The van der Waals surface area contributed by atoms with E-state index >= 15 is 0 Å². The highest BCUT2D eigenvalue weighted by molar-refractivity contribution is 9.09. The molecule has 2 atom stereocenters. The average molecular weight is 299 g/mol. The number of aryl methyl sites for hydroxylation is 3. The van der Waals surface area contributed by atoms with Crippen molar-refractivity contribution in [1.29, 1.82) is 0 Å². The van der Waals surface area contributed by atoms with E-state index in [1.54, 1.807) is 5.56 Å². The summed E-state index contributed by atoms with van der Waals surface area (Å²) in [5, 5.41) is 0. The van der Waals surface area contributed by atoms with Gasteiger partial charge in [0, 0.05) is 10.6 Å². The zero-order chi connectivity index (χ0) is 11.7. The number of thioether (sulfide) groups is 1. The molecule has 1 aliphatic rings. The van der Waals surface area contributed by atoms with E-state index in [1.807, 2.05) is 0 Å². The van der Waals surface area contributed by atoms with Crippen LogP contribution in [0.2, 0.25) is 0 Å². The molecule has 1 heterocycles. The van der Waals surface area contributed by atoms with Crippen molar-refractivity contribution in [1.82, 2.24) is 0 Å². The molecule has 0 bridgehead atoms. The number of rotatable bonds is 2. The van der Waals surface area contributed by atoms with Crippen molar-refractivity contribution in [2.45, 2.75) is 32.0 Å². The van der Waals surface area contributed by atoms with Crippen LogP contribution >= 0.6 is 27.7 Å². The second-order valence-electron chi connectivity index (χ2n) is 4.89. The van der Waals surface area contributed by atoms with Crippen molar-refractivity contribution in [2.24, 2.45) is 5.92 Å². The molecule has 0 aliphatic carbocycles. The Morgan fingerprint density at radius 1 is 1.19 bits per heavy atom. The molecule has 0 aromatic heterocycles. The minimum Gasteiger partial charge on any atom is -0.160 e. The van der Waals surface area contributed by atoms with Gasteiger partial charge in [-0.1, -0.05) is 33.6 Å². The van der Waals surface area contributed by atoms with E-state index in [1.165, 1.54) is 34.6 Å². The van der Waals surface area contributed by atoms with Crippen LogP contribution in [0.25, 0.3) is 0 Å². The summed E-state index contributed by atoms with van der Waals surface area (Å²) in [7, 11) is 0. The van der Waals surface area contributed by atoms with Gasteiger partial charge < -0.3 is 0 Å². The maximum atomic E-state index is 3.80. The summed E-state index contributed by atoms with van der Waals surface area (Å²) < 4.78 is 0. The fraction of sp³-hybridized carbons (Fsp3) is 0.571. The van der Waals surface area contributed by atoms with Crippen LogP contribution in [0, 0.1) is 26.7 Å². The molecule has 0 spiro atoms. The van der Waals surface area contributed by atoms with Crippen LogP contribution in [0.3, 0.4) is 0 Å². The van der Waals surface area contributed by atoms with E-state index in [0.29, 0.717) is 4.83 Å². The number of hydrogen-bond acceptors (Lipinski definition) is 1. The Kier molecular flexibility index (Phi) is 4.01. The van der Waals surface area contributed by atoms with E-state index < -0.39 is 0 Å². The van der Waals surface area contributed by atoms with Crippen LogP contribution in [0.5, 0.6) is 0 Å². The third-order valence-corrected chi connectivity index (χ3v) is 6.19. The maximum absolute atomic E-state index is 3.80. The molecule has 2 heteroatoms. The zero-order valence-corrected chi connectivity index (χ0v) is 12.6. The fourth-order valence-electron chi connectivity index (χ4n) is 2.55. The lowest BCUT2D eigenvalue weighted by atomic mass is 9.91. The third kappa shape index (κ3) is 2.65. The molecule has 1 aliphatic heterocycles. The molecular weight excluding hydrogens is 280 g/mol. The molecule has 2 unspecified atom stereocenters. The molecule has 0 amide bonds. The molecule has 2 rings (SSSR count). The van der Waals surface area contributed by atoms with E-state index in [4.69, 9.17) is 0 Å². The van der Waals surface area contributed by atoms with E-state index in [2.05, 4.69) is 60.6 Å². The Bertz CT molecular complexity index is 363. The predicted octanol–water partition coefficient (Wildman–Crippen LogP) is 4.28.